The molecule has 1 aromatic rings. The molecule has 1 aromatic carbocycles. The summed E-state index contributed by atoms with van der Waals surface area (Å²) in [5.74, 6) is 2.46. The van der Waals surface area contributed by atoms with E-state index in [0.717, 1.165) is 30.5 Å². The first-order valence-corrected chi connectivity index (χ1v) is 7.86. The molecule has 0 radical (unpaired) electrons. The van der Waals surface area contributed by atoms with Gasteiger partial charge in [-0.25, -0.2) is 0 Å². The highest BCUT2D eigenvalue weighted by Gasteiger charge is 2.20. The van der Waals surface area contributed by atoms with Gasteiger partial charge < -0.3 is 15.2 Å². The van der Waals surface area contributed by atoms with Crippen LogP contribution in [0.5, 0.6) is 11.5 Å². The Hall–Kier alpha value is -1.22. The molecule has 0 aliphatic heterocycles. The van der Waals surface area contributed by atoms with Crippen LogP contribution in [0, 0.1) is 11.8 Å². The second kappa shape index (κ2) is 7.53. The molecule has 0 amide bonds. The van der Waals surface area contributed by atoms with E-state index in [2.05, 4.69) is 12.2 Å². The summed E-state index contributed by atoms with van der Waals surface area (Å²) >= 11 is 0. The average molecular weight is 277 g/mol. The highest BCUT2D eigenvalue weighted by Crippen LogP contribution is 2.29. The van der Waals surface area contributed by atoms with Gasteiger partial charge in [-0.2, -0.15) is 0 Å². The minimum Gasteiger partial charge on any atom is -0.504 e. The Morgan fingerprint density at radius 2 is 2.10 bits per heavy atom. The predicted molar refractivity (Wildman–Crippen MR) is 82.1 cm³/mol. The second-order valence-electron chi connectivity index (χ2n) is 5.89. The zero-order chi connectivity index (χ0) is 14.4. The number of nitrogens with one attached hydrogen (secondary N) is 1. The van der Waals surface area contributed by atoms with E-state index < -0.39 is 0 Å². The summed E-state index contributed by atoms with van der Waals surface area (Å²) in [5, 5.41) is 13.2. The Bertz CT molecular complexity index is 419. The van der Waals surface area contributed by atoms with Gasteiger partial charge in [0.15, 0.2) is 11.5 Å². The van der Waals surface area contributed by atoms with Gasteiger partial charge in [-0.3, -0.25) is 0 Å². The van der Waals surface area contributed by atoms with Crippen molar-refractivity contribution in [3.05, 3.63) is 23.8 Å². The van der Waals surface area contributed by atoms with Crippen LogP contribution in [0.25, 0.3) is 0 Å². The molecule has 1 aliphatic carbocycles. The zero-order valence-electron chi connectivity index (χ0n) is 12.7. The predicted octanol–water partition coefficient (Wildman–Crippen LogP) is 3.71. The highest BCUT2D eigenvalue weighted by atomic mass is 16.5. The van der Waals surface area contributed by atoms with Crippen LogP contribution in [-0.4, -0.2) is 18.3 Å². The molecule has 2 atom stereocenters. The first-order valence-electron chi connectivity index (χ1n) is 7.86. The van der Waals surface area contributed by atoms with Crippen LogP contribution in [0.3, 0.4) is 0 Å². The van der Waals surface area contributed by atoms with E-state index in [4.69, 9.17) is 4.74 Å². The molecule has 1 fully saturated rings. The maximum atomic E-state index is 9.68. The Balaban J connectivity index is 1.83. The van der Waals surface area contributed by atoms with E-state index in [1.54, 1.807) is 6.07 Å². The van der Waals surface area contributed by atoms with E-state index in [0.29, 0.717) is 12.4 Å². The van der Waals surface area contributed by atoms with Crippen molar-refractivity contribution >= 4 is 0 Å². The smallest absolute Gasteiger partial charge is 0.161 e. The van der Waals surface area contributed by atoms with Crippen LogP contribution >= 0.6 is 0 Å². The lowest BCUT2D eigenvalue weighted by Gasteiger charge is -2.28. The summed E-state index contributed by atoms with van der Waals surface area (Å²) in [6.07, 6.45) is 5.51. The molecule has 1 saturated carbocycles. The number of benzene rings is 1. The van der Waals surface area contributed by atoms with Gasteiger partial charge in [0.25, 0.3) is 0 Å². The quantitative estimate of drug-likeness (QED) is 0.833. The molecule has 2 N–H and O–H groups in total. The number of ether oxygens (including phenoxy) is 1. The fourth-order valence-corrected chi connectivity index (χ4v) is 3.04. The molecule has 1 aliphatic rings. The Morgan fingerprint density at radius 3 is 2.85 bits per heavy atom. The lowest BCUT2D eigenvalue weighted by molar-refractivity contribution is 0.247. The average Bonchev–Trinajstić information content (AvgIpc) is 2.45. The zero-order valence-corrected chi connectivity index (χ0v) is 12.7. The molecule has 2 rings (SSSR count). The van der Waals surface area contributed by atoms with Crippen molar-refractivity contribution < 1.29 is 9.84 Å². The van der Waals surface area contributed by atoms with Crippen LogP contribution in [0.4, 0.5) is 0 Å². The van der Waals surface area contributed by atoms with Crippen LogP contribution in [-0.2, 0) is 6.54 Å². The number of aromatic hydroxyl groups is 1. The summed E-state index contributed by atoms with van der Waals surface area (Å²) in [6, 6.07) is 5.59. The van der Waals surface area contributed by atoms with E-state index in [9.17, 15) is 5.11 Å². The fourth-order valence-electron chi connectivity index (χ4n) is 3.04. The maximum absolute atomic E-state index is 9.68. The minimum absolute atomic E-state index is 0.219. The number of hydrogen-bond donors (Lipinski definition) is 2. The normalized spacial score (nSPS) is 22.7. The third-order valence-corrected chi connectivity index (χ3v) is 4.35. The summed E-state index contributed by atoms with van der Waals surface area (Å²) in [7, 11) is 0. The van der Waals surface area contributed by atoms with Crippen LogP contribution < -0.4 is 10.1 Å². The molecule has 3 nitrogen and oxygen atoms in total. The van der Waals surface area contributed by atoms with Crippen molar-refractivity contribution in [1.82, 2.24) is 5.32 Å². The summed E-state index contributed by atoms with van der Waals surface area (Å²) < 4.78 is 5.41. The van der Waals surface area contributed by atoms with Gasteiger partial charge in [-0.1, -0.05) is 32.3 Å². The van der Waals surface area contributed by atoms with Crippen LogP contribution in [0.15, 0.2) is 18.2 Å². The van der Waals surface area contributed by atoms with Gasteiger partial charge in [0.05, 0.1) is 6.61 Å². The summed E-state index contributed by atoms with van der Waals surface area (Å²) in [5.41, 5.74) is 1.16. The first kappa shape index (κ1) is 15.2. The SMILES string of the molecule is CCOc1cc(CNCC2CCCCC2C)ccc1O. The highest BCUT2D eigenvalue weighted by molar-refractivity contribution is 5.41. The first-order chi connectivity index (χ1) is 9.70. The topological polar surface area (TPSA) is 41.5 Å². The van der Waals surface area contributed by atoms with Crippen molar-refractivity contribution in [2.24, 2.45) is 11.8 Å². The number of hydrogen-bond acceptors (Lipinski definition) is 3. The van der Waals surface area contributed by atoms with Crippen molar-refractivity contribution in [3.63, 3.8) is 0 Å². The monoisotopic (exact) mass is 277 g/mol. The van der Waals surface area contributed by atoms with Crippen molar-refractivity contribution in [3.8, 4) is 11.5 Å². The summed E-state index contributed by atoms with van der Waals surface area (Å²) in [4.78, 5) is 0. The minimum atomic E-state index is 0.219. The van der Waals surface area contributed by atoms with E-state index in [-0.39, 0.29) is 5.75 Å². The molecular formula is C17H27NO2. The molecule has 0 aromatic heterocycles. The summed E-state index contributed by atoms with van der Waals surface area (Å²) in [6.45, 7) is 6.80. The fraction of sp³-hybridized carbons (Fsp3) is 0.647. The molecule has 3 heteroatoms. The lowest BCUT2D eigenvalue weighted by atomic mass is 9.80. The molecule has 0 heterocycles. The van der Waals surface area contributed by atoms with Crippen molar-refractivity contribution in [2.45, 2.75) is 46.1 Å². The number of rotatable bonds is 6. The standard InChI is InChI=1S/C17H27NO2/c1-3-20-17-10-14(8-9-16(17)19)11-18-12-15-7-5-4-6-13(15)2/h8-10,13,15,18-19H,3-7,11-12H2,1-2H3. The Morgan fingerprint density at radius 1 is 1.30 bits per heavy atom. The molecule has 20 heavy (non-hydrogen) atoms. The Labute approximate surface area is 122 Å². The van der Waals surface area contributed by atoms with Gasteiger partial charge in [-0.05, 0) is 49.4 Å². The molecule has 0 bridgehead atoms. The van der Waals surface area contributed by atoms with Crippen molar-refractivity contribution in [2.75, 3.05) is 13.2 Å². The molecule has 0 saturated heterocycles. The maximum Gasteiger partial charge on any atom is 0.161 e. The second-order valence-corrected chi connectivity index (χ2v) is 5.89. The largest absolute Gasteiger partial charge is 0.504 e. The van der Waals surface area contributed by atoms with Gasteiger partial charge in [0, 0.05) is 6.54 Å². The number of phenolic OH excluding ortho intramolecular Hbond substituents is 1. The number of phenols is 1. The molecule has 2 unspecified atom stereocenters. The lowest BCUT2D eigenvalue weighted by Crippen LogP contribution is -2.29. The van der Waals surface area contributed by atoms with E-state index >= 15 is 0 Å². The Kier molecular flexibility index (Phi) is 5.72. The molecule has 112 valence electrons. The van der Waals surface area contributed by atoms with Crippen molar-refractivity contribution in [1.29, 1.82) is 0 Å². The van der Waals surface area contributed by atoms with Crippen LogP contribution in [0.1, 0.15) is 45.1 Å². The third kappa shape index (κ3) is 4.14. The third-order valence-electron chi connectivity index (χ3n) is 4.35. The van der Waals surface area contributed by atoms with Gasteiger partial charge in [0.2, 0.25) is 0 Å². The van der Waals surface area contributed by atoms with Crippen LogP contribution in [0.2, 0.25) is 0 Å². The van der Waals surface area contributed by atoms with Gasteiger partial charge >= 0.3 is 0 Å². The van der Waals surface area contributed by atoms with E-state index in [1.807, 2.05) is 19.1 Å². The molecular weight excluding hydrogens is 250 g/mol. The molecule has 0 spiro atoms. The van der Waals surface area contributed by atoms with Gasteiger partial charge in [-0.15, -0.1) is 0 Å². The van der Waals surface area contributed by atoms with E-state index in [1.165, 1.54) is 25.7 Å². The van der Waals surface area contributed by atoms with Gasteiger partial charge in [0.1, 0.15) is 0 Å².